The third kappa shape index (κ3) is 4.48. The molecule has 0 saturated carbocycles. The summed E-state index contributed by atoms with van der Waals surface area (Å²) in [5.41, 5.74) is 0.734. The lowest BCUT2D eigenvalue weighted by Crippen LogP contribution is -2.26. The summed E-state index contributed by atoms with van der Waals surface area (Å²) in [6, 6.07) is 10.5. The predicted molar refractivity (Wildman–Crippen MR) is 120 cm³/mol. The van der Waals surface area contributed by atoms with E-state index in [4.69, 9.17) is 32.7 Å². The van der Waals surface area contributed by atoms with E-state index in [-0.39, 0.29) is 16.7 Å². The number of hydrogen-bond acceptors (Lipinski definition) is 4. The molecule has 0 aliphatic rings. The fourth-order valence-corrected chi connectivity index (χ4v) is 3.54. The largest absolute Gasteiger partial charge is 0.489 e. The van der Waals surface area contributed by atoms with E-state index in [1.54, 1.807) is 51.2 Å². The van der Waals surface area contributed by atoms with Crippen molar-refractivity contribution in [3.8, 4) is 5.75 Å². The van der Waals surface area contributed by atoms with Crippen molar-refractivity contribution in [2.75, 3.05) is 6.61 Å². The summed E-state index contributed by atoms with van der Waals surface area (Å²) in [5.74, 6) is 0.380. The fourth-order valence-electron chi connectivity index (χ4n) is 3.12. The van der Waals surface area contributed by atoms with Gasteiger partial charge < -0.3 is 14.6 Å². The molecule has 0 fully saturated rings. The first-order valence-electron chi connectivity index (χ1n) is 9.37. The van der Waals surface area contributed by atoms with Crippen LogP contribution in [0.5, 0.6) is 5.75 Å². The van der Waals surface area contributed by atoms with Crippen molar-refractivity contribution in [2.24, 2.45) is 0 Å². The molecule has 0 bridgehead atoms. The highest BCUT2D eigenvalue weighted by Gasteiger charge is 2.27. The fraction of sp³-hybridized carbons (Fsp3) is 0.261. The van der Waals surface area contributed by atoms with Gasteiger partial charge in [-0.3, -0.25) is 4.57 Å². The lowest BCUT2D eigenvalue weighted by Gasteiger charge is -2.20. The van der Waals surface area contributed by atoms with Crippen LogP contribution in [0.25, 0.3) is 10.9 Å². The molecular weight excluding hydrogens is 425 g/mol. The highest BCUT2D eigenvalue weighted by molar-refractivity contribution is 6.42. The van der Waals surface area contributed by atoms with Gasteiger partial charge in [0.15, 0.2) is 0 Å². The number of rotatable bonds is 5. The maximum absolute atomic E-state index is 12.8. The van der Waals surface area contributed by atoms with Gasteiger partial charge in [0.25, 0.3) is 0 Å². The zero-order valence-corrected chi connectivity index (χ0v) is 18.5. The first kappa shape index (κ1) is 22.2. The van der Waals surface area contributed by atoms with E-state index in [1.165, 1.54) is 4.57 Å². The smallest absolute Gasteiger partial charge is 0.419 e. The number of aliphatic hydroxyl groups is 1. The maximum Gasteiger partial charge on any atom is 0.419 e. The van der Waals surface area contributed by atoms with Crippen molar-refractivity contribution in [3.05, 3.63) is 76.4 Å². The number of halogens is 2. The molecule has 5 nitrogen and oxygen atoms in total. The minimum Gasteiger partial charge on any atom is -0.489 e. The van der Waals surface area contributed by atoms with Gasteiger partial charge in [0.1, 0.15) is 24.1 Å². The Morgan fingerprint density at radius 2 is 1.93 bits per heavy atom. The first-order valence-corrected chi connectivity index (χ1v) is 10.1. The topological polar surface area (TPSA) is 60.7 Å². The molecule has 30 heavy (non-hydrogen) atoms. The molecule has 0 aliphatic heterocycles. The van der Waals surface area contributed by atoms with Crippen molar-refractivity contribution in [1.82, 2.24) is 4.57 Å². The van der Waals surface area contributed by atoms with Gasteiger partial charge in [0, 0.05) is 22.7 Å². The molecule has 7 heteroatoms. The van der Waals surface area contributed by atoms with Crippen LogP contribution < -0.4 is 4.74 Å². The van der Waals surface area contributed by atoms with Crippen molar-refractivity contribution in [3.63, 3.8) is 0 Å². The summed E-state index contributed by atoms with van der Waals surface area (Å²) in [6.45, 7) is 9.25. The van der Waals surface area contributed by atoms with E-state index >= 15 is 0 Å². The quantitative estimate of drug-likeness (QED) is 0.461. The zero-order valence-electron chi connectivity index (χ0n) is 17.0. The van der Waals surface area contributed by atoms with Gasteiger partial charge in [-0.25, -0.2) is 4.79 Å². The highest BCUT2D eigenvalue weighted by atomic mass is 35.5. The number of benzene rings is 2. The number of para-hydroxylation sites is 1. The highest BCUT2D eigenvalue weighted by Crippen LogP contribution is 2.42. The molecule has 1 N–H and O–H groups in total. The number of aromatic nitrogens is 1. The summed E-state index contributed by atoms with van der Waals surface area (Å²) < 4.78 is 12.6. The number of carbonyl (C=O) groups excluding carboxylic acids is 1. The maximum atomic E-state index is 12.8. The van der Waals surface area contributed by atoms with E-state index in [0.29, 0.717) is 27.8 Å². The Labute approximate surface area is 185 Å². The Morgan fingerprint density at radius 3 is 2.60 bits per heavy atom. The van der Waals surface area contributed by atoms with E-state index < -0.39 is 17.8 Å². The van der Waals surface area contributed by atoms with E-state index in [1.807, 2.05) is 18.2 Å². The standard InChI is InChI=1S/C23H23Cl2NO4/c1-5-12-29-18-11-10-16(24)20(25)19(18)21(27)15-13-26(22(28)30-23(2,3)4)17-9-7-6-8-14(15)17/h5-11,13,21,27H,1,12H2,2-4H3. The molecule has 158 valence electrons. The number of hydrogen-bond donors (Lipinski definition) is 1. The molecule has 0 amide bonds. The van der Waals surface area contributed by atoms with Crippen LogP contribution in [0.1, 0.15) is 38.0 Å². The van der Waals surface area contributed by atoms with Gasteiger partial charge in [-0.15, -0.1) is 0 Å². The van der Waals surface area contributed by atoms with Crippen molar-refractivity contribution < 1.29 is 19.4 Å². The van der Waals surface area contributed by atoms with Crippen LogP contribution in [0.15, 0.2) is 55.3 Å². The van der Waals surface area contributed by atoms with Crippen LogP contribution in [0.2, 0.25) is 10.0 Å². The second-order valence-corrected chi connectivity index (χ2v) is 8.51. The zero-order chi connectivity index (χ0) is 22.1. The van der Waals surface area contributed by atoms with Gasteiger partial charge in [-0.2, -0.15) is 0 Å². The third-order valence-corrected chi connectivity index (χ3v) is 5.17. The van der Waals surface area contributed by atoms with E-state index in [9.17, 15) is 9.90 Å². The molecule has 0 radical (unpaired) electrons. The van der Waals surface area contributed by atoms with Crippen molar-refractivity contribution in [1.29, 1.82) is 0 Å². The minimum atomic E-state index is -1.19. The molecule has 2 aromatic carbocycles. The molecule has 1 unspecified atom stereocenters. The molecule has 3 aromatic rings. The Kier molecular flexibility index (Phi) is 6.46. The molecule has 1 heterocycles. The van der Waals surface area contributed by atoms with E-state index in [2.05, 4.69) is 6.58 Å². The Hall–Kier alpha value is -2.47. The Morgan fingerprint density at radius 1 is 1.23 bits per heavy atom. The normalized spacial score (nSPS) is 12.6. The van der Waals surface area contributed by atoms with Crippen LogP contribution in [-0.2, 0) is 4.74 Å². The second kappa shape index (κ2) is 8.72. The van der Waals surface area contributed by atoms with Crippen LogP contribution in [0.3, 0.4) is 0 Å². The number of nitrogens with zero attached hydrogens (tertiary/aromatic N) is 1. The minimum absolute atomic E-state index is 0.180. The molecule has 0 aliphatic carbocycles. The summed E-state index contributed by atoms with van der Waals surface area (Å²) >= 11 is 12.6. The van der Waals surface area contributed by atoms with Crippen LogP contribution in [0.4, 0.5) is 4.79 Å². The third-order valence-electron chi connectivity index (χ3n) is 4.35. The SMILES string of the molecule is C=CCOc1ccc(Cl)c(Cl)c1C(O)c1cn(C(=O)OC(C)(C)C)c2ccccc12. The lowest BCUT2D eigenvalue weighted by atomic mass is 10.00. The molecule has 3 rings (SSSR count). The first-order chi connectivity index (χ1) is 14.1. The van der Waals surface area contributed by atoms with Gasteiger partial charge in [0.2, 0.25) is 0 Å². The van der Waals surface area contributed by atoms with Gasteiger partial charge in [-0.1, -0.05) is 54.1 Å². The van der Waals surface area contributed by atoms with Crippen molar-refractivity contribution >= 4 is 40.2 Å². The average Bonchev–Trinajstić information content (AvgIpc) is 3.07. The molecular formula is C23H23Cl2NO4. The monoisotopic (exact) mass is 447 g/mol. The predicted octanol–water partition coefficient (Wildman–Crippen LogP) is 6.38. The number of aliphatic hydroxyl groups excluding tert-OH is 1. The number of fused-ring (bicyclic) bond motifs is 1. The lowest BCUT2D eigenvalue weighted by molar-refractivity contribution is 0.0544. The number of ether oxygens (including phenoxy) is 2. The average molecular weight is 448 g/mol. The molecule has 0 saturated heterocycles. The summed E-state index contributed by atoms with van der Waals surface area (Å²) in [7, 11) is 0. The van der Waals surface area contributed by atoms with E-state index in [0.717, 1.165) is 0 Å². The Bertz CT molecular complexity index is 1100. The summed E-state index contributed by atoms with van der Waals surface area (Å²) in [4.78, 5) is 12.8. The molecule has 1 aromatic heterocycles. The van der Waals surface area contributed by atoms with Gasteiger partial charge in [0.05, 0.1) is 15.6 Å². The molecule has 0 spiro atoms. The molecule has 1 atom stereocenters. The van der Waals surface area contributed by atoms with Gasteiger partial charge in [-0.05, 0) is 39.0 Å². The number of carbonyl (C=O) groups is 1. The Balaban J connectivity index is 2.15. The summed E-state index contributed by atoms with van der Waals surface area (Å²) in [5, 5.41) is 12.4. The van der Waals surface area contributed by atoms with Crippen LogP contribution in [-0.4, -0.2) is 28.0 Å². The second-order valence-electron chi connectivity index (χ2n) is 7.73. The van der Waals surface area contributed by atoms with Gasteiger partial charge >= 0.3 is 6.09 Å². The van der Waals surface area contributed by atoms with Crippen LogP contribution in [0, 0.1) is 0 Å². The van der Waals surface area contributed by atoms with Crippen molar-refractivity contribution in [2.45, 2.75) is 32.5 Å². The summed E-state index contributed by atoms with van der Waals surface area (Å²) in [6.07, 6.45) is 1.41. The van der Waals surface area contributed by atoms with Crippen LogP contribution >= 0.6 is 23.2 Å².